The Bertz CT molecular complexity index is 900. The van der Waals surface area contributed by atoms with Crippen molar-refractivity contribution in [1.29, 1.82) is 0 Å². The molecule has 1 fully saturated rings. The van der Waals surface area contributed by atoms with E-state index in [2.05, 4.69) is 5.32 Å². The van der Waals surface area contributed by atoms with Gasteiger partial charge in [0, 0.05) is 12.2 Å². The molecule has 1 saturated heterocycles. The number of hydrogen-bond acceptors (Lipinski definition) is 5. The first-order chi connectivity index (χ1) is 13.0. The number of benzene rings is 2. The minimum absolute atomic E-state index is 0.104. The van der Waals surface area contributed by atoms with Crippen molar-refractivity contribution in [3.8, 4) is 5.75 Å². The summed E-state index contributed by atoms with van der Waals surface area (Å²) in [6.07, 6.45) is 0.806. The highest BCUT2D eigenvalue weighted by molar-refractivity contribution is 7.92. The number of amides is 1. The summed E-state index contributed by atoms with van der Waals surface area (Å²) in [5.41, 5.74) is 1.73. The first kappa shape index (κ1) is 19.0. The lowest BCUT2D eigenvalue weighted by Crippen LogP contribution is -2.38. The van der Waals surface area contributed by atoms with Crippen molar-refractivity contribution >= 4 is 27.5 Å². The third-order valence-electron chi connectivity index (χ3n) is 4.26. The molecule has 0 atom stereocenters. The van der Waals surface area contributed by atoms with E-state index < -0.39 is 16.1 Å². The van der Waals surface area contributed by atoms with Gasteiger partial charge >= 0.3 is 6.09 Å². The molecule has 0 bridgehead atoms. The molecule has 0 unspecified atom stereocenters. The van der Waals surface area contributed by atoms with Gasteiger partial charge in [0.15, 0.2) is 0 Å². The molecule has 1 aliphatic heterocycles. The zero-order chi connectivity index (χ0) is 19.3. The molecule has 1 amide bonds. The Hall–Kier alpha value is -2.74. The van der Waals surface area contributed by atoms with Gasteiger partial charge < -0.3 is 9.47 Å². The van der Waals surface area contributed by atoms with Crippen molar-refractivity contribution in [2.45, 2.75) is 19.4 Å². The summed E-state index contributed by atoms with van der Waals surface area (Å²) in [6.45, 7) is 0.538. The van der Waals surface area contributed by atoms with Crippen LogP contribution in [0.3, 0.4) is 0 Å². The zero-order valence-electron chi connectivity index (χ0n) is 15.1. The minimum atomic E-state index is -3.39. The lowest BCUT2D eigenvalue weighted by Gasteiger charge is -2.29. The largest absolute Gasteiger partial charge is 0.495 e. The first-order valence-corrected chi connectivity index (χ1v) is 10.3. The number of carbonyl (C=O) groups is 1. The fourth-order valence-electron chi connectivity index (χ4n) is 2.90. The van der Waals surface area contributed by atoms with Gasteiger partial charge in [0.05, 0.1) is 18.6 Å². The van der Waals surface area contributed by atoms with Gasteiger partial charge in [-0.2, -0.15) is 0 Å². The van der Waals surface area contributed by atoms with Gasteiger partial charge in [-0.3, -0.25) is 9.62 Å². The monoisotopic (exact) mass is 390 g/mol. The summed E-state index contributed by atoms with van der Waals surface area (Å²) in [5, 5.41) is 2.63. The van der Waals surface area contributed by atoms with E-state index in [9.17, 15) is 13.2 Å². The molecule has 1 aliphatic rings. The maximum atomic E-state index is 12.4. The number of rotatable bonds is 5. The number of hydrogen-bond donors (Lipinski definition) is 1. The molecule has 1 heterocycles. The fourth-order valence-corrected chi connectivity index (χ4v) is 4.54. The number of carbonyl (C=O) groups excluding carboxylic acids is 1. The van der Waals surface area contributed by atoms with E-state index >= 15 is 0 Å². The predicted molar refractivity (Wildman–Crippen MR) is 104 cm³/mol. The quantitative estimate of drug-likeness (QED) is 0.846. The van der Waals surface area contributed by atoms with Gasteiger partial charge in [-0.15, -0.1) is 0 Å². The molecule has 7 nitrogen and oxygen atoms in total. The van der Waals surface area contributed by atoms with Crippen molar-refractivity contribution in [3.63, 3.8) is 0 Å². The molecule has 0 aliphatic carbocycles. The number of nitrogens with one attached hydrogen (secondary N) is 1. The SMILES string of the molecule is COc1ccc(NC(=O)OCc2ccccc2)cc1N1CCCCS1(=O)=O. The zero-order valence-corrected chi connectivity index (χ0v) is 15.9. The van der Waals surface area contributed by atoms with Crippen molar-refractivity contribution in [2.75, 3.05) is 29.0 Å². The molecular formula is C19H22N2O5S. The van der Waals surface area contributed by atoms with Gasteiger partial charge in [0.25, 0.3) is 0 Å². The second-order valence-corrected chi connectivity index (χ2v) is 8.18. The maximum absolute atomic E-state index is 12.4. The van der Waals surface area contributed by atoms with Gasteiger partial charge in [-0.1, -0.05) is 30.3 Å². The van der Waals surface area contributed by atoms with Gasteiger partial charge in [-0.05, 0) is 36.6 Å². The van der Waals surface area contributed by atoms with Crippen LogP contribution in [0.5, 0.6) is 5.75 Å². The molecule has 0 spiro atoms. The molecule has 0 aromatic heterocycles. The van der Waals surface area contributed by atoms with Crippen LogP contribution in [-0.2, 0) is 21.4 Å². The Kier molecular flexibility index (Phi) is 5.85. The third kappa shape index (κ3) is 4.71. The molecule has 144 valence electrons. The highest BCUT2D eigenvalue weighted by atomic mass is 32.2. The third-order valence-corrected chi connectivity index (χ3v) is 6.11. The fraction of sp³-hybridized carbons (Fsp3) is 0.316. The Morgan fingerprint density at radius 2 is 1.93 bits per heavy atom. The van der Waals surface area contributed by atoms with Crippen molar-refractivity contribution < 1.29 is 22.7 Å². The van der Waals surface area contributed by atoms with E-state index in [4.69, 9.17) is 9.47 Å². The highest BCUT2D eigenvalue weighted by Gasteiger charge is 2.28. The molecule has 2 aromatic carbocycles. The molecular weight excluding hydrogens is 368 g/mol. The van der Waals surface area contributed by atoms with E-state index in [1.54, 1.807) is 18.2 Å². The van der Waals surface area contributed by atoms with Crippen LogP contribution in [-0.4, -0.2) is 33.9 Å². The van der Waals surface area contributed by atoms with E-state index in [-0.39, 0.29) is 12.4 Å². The molecule has 0 radical (unpaired) electrons. The van der Waals surface area contributed by atoms with E-state index in [1.165, 1.54) is 11.4 Å². The van der Waals surface area contributed by atoms with Crippen LogP contribution in [0.15, 0.2) is 48.5 Å². The Balaban J connectivity index is 1.74. The van der Waals surface area contributed by atoms with E-state index in [0.29, 0.717) is 30.1 Å². The Morgan fingerprint density at radius 3 is 2.63 bits per heavy atom. The topological polar surface area (TPSA) is 84.9 Å². The van der Waals surface area contributed by atoms with Crippen LogP contribution >= 0.6 is 0 Å². The van der Waals surface area contributed by atoms with Gasteiger partial charge in [0.2, 0.25) is 10.0 Å². The predicted octanol–water partition coefficient (Wildman–Crippen LogP) is 3.37. The van der Waals surface area contributed by atoms with E-state index in [0.717, 1.165) is 12.0 Å². The normalized spacial score (nSPS) is 15.8. The van der Waals surface area contributed by atoms with Crippen LogP contribution in [0.4, 0.5) is 16.2 Å². The van der Waals surface area contributed by atoms with Crippen LogP contribution < -0.4 is 14.4 Å². The first-order valence-electron chi connectivity index (χ1n) is 8.66. The van der Waals surface area contributed by atoms with Crippen LogP contribution in [0.1, 0.15) is 18.4 Å². The average Bonchev–Trinajstić information content (AvgIpc) is 2.67. The average molecular weight is 390 g/mol. The molecule has 3 rings (SSSR count). The van der Waals surface area contributed by atoms with Crippen LogP contribution in [0, 0.1) is 0 Å². The lowest BCUT2D eigenvalue weighted by molar-refractivity contribution is 0.155. The van der Waals surface area contributed by atoms with Gasteiger partial charge in [-0.25, -0.2) is 13.2 Å². The number of sulfonamides is 1. The van der Waals surface area contributed by atoms with Crippen molar-refractivity contribution in [3.05, 3.63) is 54.1 Å². The summed E-state index contributed by atoms with van der Waals surface area (Å²) in [5.74, 6) is 0.538. The number of ether oxygens (including phenoxy) is 2. The summed E-state index contributed by atoms with van der Waals surface area (Å²) in [6, 6.07) is 14.2. The maximum Gasteiger partial charge on any atom is 0.411 e. The lowest BCUT2D eigenvalue weighted by atomic mass is 10.2. The van der Waals surface area contributed by atoms with Gasteiger partial charge in [0.1, 0.15) is 12.4 Å². The Labute approximate surface area is 158 Å². The number of nitrogens with zero attached hydrogens (tertiary/aromatic N) is 1. The number of anilines is 2. The smallest absolute Gasteiger partial charge is 0.411 e. The summed E-state index contributed by atoms with van der Waals surface area (Å²) in [7, 11) is -1.91. The molecule has 0 saturated carbocycles. The summed E-state index contributed by atoms with van der Waals surface area (Å²) >= 11 is 0. The second-order valence-electron chi connectivity index (χ2n) is 6.17. The summed E-state index contributed by atoms with van der Waals surface area (Å²) < 4.78 is 36.7. The van der Waals surface area contributed by atoms with Crippen molar-refractivity contribution in [1.82, 2.24) is 0 Å². The minimum Gasteiger partial charge on any atom is -0.495 e. The Morgan fingerprint density at radius 1 is 1.15 bits per heavy atom. The van der Waals surface area contributed by atoms with Crippen molar-refractivity contribution in [2.24, 2.45) is 0 Å². The standard InChI is InChI=1S/C19H22N2O5S/c1-25-18-10-9-16(13-17(18)21-11-5-6-12-27(21,23)24)20-19(22)26-14-15-7-3-2-4-8-15/h2-4,7-10,13H,5-6,11-12,14H2,1H3,(H,20,22). The second kappa shape index (κ2) is 8.30. The summed E-state index contributed by atoms with van der Waals surface area (Å²) in [4.78, 5) is 12.1. The highest BCUT2D eigenvalue weighted by Crippen LogP contribution is 2.35. The van der Waals surface area contributed by atoms with Crippen LogP contribution in [0.25, 0.3) is 0 Å². The number of methoxy groups -OCH3 is 1. The molecule has 8 heteroatoms. The van der Waals surface area contributed by atoms with Crippen LogP contribution in [0.2, 0.25) is 0 Å². The molecule has 27 heavy (non-hydrogen) atoms. The van der Waals surface area contributed by atoms with E-state index in [1.807, 2.05) is 30.3 Å². The molecule has 2 aromatic rings. The molecule has 1 N–H and O–H groups in total.